The molecule has 0 saturated carbocycles. The fourth-order valence-electron chi connectivity index (χ4n) is 1.51. The highest BCUT2D eigenvalue weighted by Crippen LogP contribution is 2.27. The lowest BCUT2D eigenvalue weighted by Crippen LogP contribution is -2.10. The van der Waals surface area contributed by atoms with Crippen LogP contribution in [0.25, 0.3) is 10.9 Å². The third-order valence-electron chi connectivity index (χ3n) is 2.23. The molecule has 2 rings (SSSR count). The monoisotopic (exact) mass is 245 g/mol. The summed E-state index contributed by atoms with van der Waals surface area (Å²) in [6.45, 7) is 0. The summed E-state index contributed by atoms with van der Waals surface area (Å²) in [7, 11) is 0. The Kier molecular flexibility index (Phi) is 3.22. The van der Waals surface area contributed by atoms with E-state index in [1.165, 1.54) is 0 Å². The maximum Gasteiger partial charge on any atom is 0.238 e. The summed E-state index contributed by atoms with van der Waals surface area (Å²) in [6.07, 6.45) is 1.46. The van der Waals surface area contributed by atoms with Gasteiger partial charge in [0.25, 0.3) is 0 Å². The predicted octanol–water partition coefficient (Wildman–Crippen LogP) is 2.74. The number of halogens is 1. The summed E-state index contributed by atoms with van der Waals surface area (Å²) in [4.78, 5) is 15.5. The molecule has 0 fully saturated rings. The number of nitrogens with zero attached hydrogens (tertiary/aromatic N) is 2. The third kappa shape index (κ3) is 2.35. The molecule has 0 aliphatic rings. The van der Waals surface area contributed by atoms with Crippen LogP contribution in [0.4, 0.5) is 5.69 Å². The summed E-state index contributed by atoms with van der Waals surface area (Å²) >= 11 is 6.00. The molecule has 0 spiro atoms. The number of fused-ring (bicyclic) bond motifs is 1. The predicted molar refractivity (Wildman–Crippen MR) is 65.6 cm³/mol. The number of aromatic nitrogens is 1. The molecule has 2 aromatic rings. The van der Waals surface area contributed by atoms with Crippen molar-refractivity contribution in [3.05, 3.63) is 35.5 Å². The molecular formula is C12H8ClN3O. The Hall–Kier alpha value is -2.12. The number of nitrogens with one attached hydrogen (secondary N) is 1. The third-order valence-corrected chi connectivity index (χ3v) is 2.54. The van der Waals surface area contributed by atoms with Gasteiger partial charge in [0.2, 0.25) is 5.91 Å². The average Bonchev–Trinajstić information content (AvgIpc) is 2.34. The number of hydrogen-bond donors (Lipinski definition) is 1. The SMILES string of the molecule is N#CCC(=O)Nc1ccc(Cl)c2ncccc12. The van der Waals surface area contributed by atoms with Crippen LogP contribution >= 0.6 is 11.6 Å². The Morgan fingerprint density at radius 1 is 1.47 bits per heavy atom. The van der Waals surface area contributed by atoms with Gasteiger partial charge in [-0.15, -0.1) is 0 Å². The topological polar surface area (TPSA) is 65.8 Å². The number of nitriles is 1. The number of rotatable bonds is 2. The van der Waals surface area contributed by atoms with Crippen LogP contribution in [0, 0.1) is 11.3 Å². The smallest absolute Gasteiger partial charge is 0.238 e. The molecule has 17 heavy (non-hydrogen) atoms. The van der Waals surface area contributed by atoms with E-state index in [-0.39, 0.29) is 12.3 Å². The van der Waals surface area contributed by atoms with Crippen LogP contribution in [0.5, 0.6) is 0 Å². The van der Waals surface area contributed by atoms with Crippen LogP contribution in [0.2, 0.25) is 5.02 Å². The quantitative estimate of drug-likeness (QED) is 0.885. The van der Waals surface area contributed by atoms with E-state index in [9.17, 15) is 4.79 Å². The van der Waals surface area contributed by atoms with E-state index in [4.69, 9.17) is 16.9 Å². The molecule has 1 amide bonds. The average molecular weight is 246 g/mol. The molecule has 0 radical (unpaired) electrons. The number of hydrogen-bond acceptors (Lipinski definition) is 3. The summed E-state index contributed by atoms with van der Waals surface area (Å²) in [6, 6.07) is 8.73. The van der Waals surface area contributed by atoms with E-state index in [0.717, 1.165) is 5.39 Å². The minimum Gasteiger partial charge on any atom is -0.325 e. The van der Waals surface area contributed by atoms with Gasteiger partial charge in [-0.3, -0.25) is 9.78 Å². The van der Waals surface area contributed by atoms with Crippen LogP contribution < -0.4 is 5.32 Å². The summed E-state index contributed by atoms with van der Waals surface area (Å²) in [5.41, 5.74) is 1.24. The second-order valence-corrected chi connectivity index (χ2v) is 3.78. The Bertz CT molecular complexity index is 619. The maximum atomic E-state index is 11.4. The fourth-order valence-corrected chi connectivity index (χ4v) is 1.73. The van der Waals surface area contributed by atoms with Crippen molar-refractivity contribution in [3.63, 3.8) is 0 Å². The van der Waals surface area contributed by atoms with Gasteiger partial charge in [-0.1, -0.05) is 11.6 Å². The van der Waals surface area contributed by atoms with E-state index in [2.05, 4.69) is 10.3 Å². The molecule has 1 aromatic heterocycles. The van der Waals surface area contributed by atoms with Gasteiger partial charge in [0, 0.05) is 11.6 Å². The molecule has 1 N–H and O–H groups in total. The number of carbonyl (C=O) groups is 1. The van der Waals surface area contributed by atoms with Gasteiger partial charge >= 0.3 is 0 Å². The minimum atomic E-state index is -0.347. The first-order valence-electron chi connectivity index (χ1n) is 4.92. The van der Waals surface area contributed by atoms with Crippen molar-refractivity contribution in [2.45, 2.75) is 6.42 Å². The van der Waals surface area contributed by atoms with E-state index >= 15 is 0 Å². The summed E-state index contributed by atoms with van der Waals surface area (Å²) in [5, 5.41) is 12.4. The maximum absolute atomic E-state index is 11.4. The van der Waals surface area contributed by atoms with Gasteiger partial charge in [-0.25, -0.2) is 0 Å². The summed E-state index contributed by atoms with van der Waals surface area (Å²) < 4.78 is 0. The van der Waals surface area contributed by atoms with Crippen molar-refractivity contribution < 1.29 is 4.79 Å². The van der Waals surface area contributed by atoms with Crippen molar-refractivity contribution >= 4 is 34.1 Å². The molecule has 4 nitrogen and oxygen atoms in total. The highest BCUT2D eigenvalue weighted by atomic mass is 35.5. The van der Waals surface area contributed by atoms with Crippen molar-refractivity contribution in [1.29, 1.82) is 5.26 Å². The normalized spacial score (nSPS) is 9.88. The first-order valence-corrected chi connectivity index (χ1v) is 5.30. The minimum absolute atomic E-state index is 0.176. The van der Waals surface area contributed by atoms with Gasteiger partial charge in [0.1, 0.15) is 6.42 Å². The van der Waals surface area contributed by atoms with Crippen LogP contribution in [-0.4, -0.2) is 10.9 Å². The number of benzene rings is 1. The molecule has 0 atom stereocenters. The van der Waals surface area contributed by atoms with E-state index in [0.29, 0.717) is 16.2 Å². The zero-order valence-electron chi connectivity index (χ0n) is 8.77. The Morgan fingerprint density at radius 3 is 3.06 bits per heavy atom. The Balaban J connectivity index is 2.45. The molecule has 0 aliphatic carbocycles. The molecule has 0 unspecified atom stereocenters. The van der Waals surface area contributed by atoms with Crippen molar-refractivity contribution in [2.75, 3.05) is 5.32 Å². The van der Waals surface area contributed by atoms with Crippen LogP contribution in [-0.2, 0) is 4.79 Å². The number of carbonyl (C=O) groups excluding carboxylic acids is 1. The molecule has 0 aliphatic heterocycles. The van der Waals surface area contributed by atoms with Gasteiger partial charge in [0.05, 0.1) is 22.3 Å². The van der Waals surface area contributed by atoms with Crippen molar-refractivity contribution in [3.8, 4) is 6.07 Å². The lowest BCUT2D eigenvalue weighted by atomic mass is 10.2. The molecule has 0 saturated heterocycles. The van der Waals surface area contributed by atoms with Crippen LogP contribution in [0.3, 0.4) is 0 Å². The summed E-state index contributed by atoms with van der Waals surface area (Å²) in [5.74, 6) is -0.347. The van der Waals surface area contributed by atoms with E-state index in [1.54, 1.807) is 30.5 Å². The van der Waals surface area contributed by atoms with Gasteiger partial charge < -0.3 is 5.32 Å². The first-order chi connectivity index (χ1) is 8.22. The Labute approximate surface area is 103 Å². The standard InChI is InChI=1S/C12H8ClN3O/c13-9-3-4-10(16-11(17)5-6-14)8-2-1-7-15-12(8)9/h1-4,7H,5H2,(H,16,17). The first kappa shape index (κ1) is 11.4. The van der Waals surface area contributed by atoms with Gasteiger partial charge in [0.15, 0.2) is 0 Å². The number of pyridine rings is 1. The van der Waals surface area contributed by atoms with E-state index < -0.39 is 0 Å². The lowest BCUT2D eigenvalue weighted by molar-refractivity contribution is -0.115. The zero-order chi connectivity index (χ0) is 12.3. The van der Waals surface area contributed by atoms with E-state index in [1.807, 2.05) is 6.07 Å². The largest absolute Gasteiger partial charge is 0.325 e. The lowest BCUT2D eigenvalue weighted by Gasteiger charge is -2.07. The van der Waals surface area contributed by atoms with Gasteiger partial charge in [-0.05, 0) is 24.3 Å². The molecule has 5 heteroatoms. The number of anilines is 1. The van der Waals surface area contributed by atoms with Crippen LogP contribution in [0.15, 0.2) is 30.5 Å². The van der Waals surface area contributed by atoms with Crippen molar-refractivity contribution in [2.24, 2.45) is 0 Å². The highest BCUT2D eigenvalue weighted by Gasteiger charge is 2.07. The highest BCUT2D eigenvalue weighted by molar-refractivity contribution is 6.35. The van der Waals surface area contributed by atoms with Gasteiger partial charge in [-0.2, -0.15) is 5.26 Å². The molecule has 1 aromatic carbocycles. The molecule has 84 valence electrons. The number of amides is 1. The molecule has 1 heterocycles. The second-order valence-electron chi connectivity index (χ2n) is 3.38. The zero-order valence-corrected chi connectivity index (χ0v) is 9.53. The van der Waals surface area contributed by atoms with Crippen molar-refractivity contribution in [1.82, 2.24) is 4.98 Å². The molecular weight excluding hydrogens is 238 g/mol. The van der Waals surface area contributed by atoms with Crippen LogP contribution in [0.1, 0.15) is 6.42 Å². The Morgan fingerprint density at radius 2 is 2.29 bits per heavy atom. The second kappa shape index (κ2) is 4.81. The fraction of sp³-hybridized carbons (Fsp3) is 0.0833. The molecule has 0 bridgehead atoms.